The molecule has 0 saturated carbocycles. The molecule has 0 bridgehead atoms. The Bertz CT molecular complexity index is 1080. The van der Waals surface area contributed by atoms with Crippen molar-refractivity contribution in [3.05, 3.63) is 76.5 Å². The van der Waals surface area contributed by atoms with E-state index in [1.165, 1.54) is 11.1 Å². The fraction of sp³-hybridized carbons (Fsp3) is 0.182. The van der Waals surface area contributed by atoms with Crippen molar-refractivity contribution in [2.45, 2.75) is 26.8 Å². The summed E-state index contributed by atoms with van der Waals surface area (Å²) in [5.74, 6) is 0. The topological polar surface area (TPSA) is 67.2 Å². The largest absolute Gasteiger partial charge is 0.465 e. The van der Waals surface area contributed by atoms with Crippen molar-refractivity contribution in [1.29, 1.82) is 0 Å². The number of hydrogen-bond donors (Lipinski definition) is 2. The minimum absolute atomic E-state index is 0.282. The van der Waals surface area contributed by atoms with E-state index in [2.05, 4.69) is 37.4 Å². The van der Waals surface area contributed by atoms with E-state index in [1.807, 2.05) is 48.1 Å². The molecule has 0 saturated heterocycles. The zero-order chi connectivity index (χ0) is 19.1. The Morgan fingerprint density at radius 1 is 1.11 bits per heavy atom. The van der Waals surface area contributed by atoms with Crippen molar-refractivity contribution < 1.29 is 9.90 Å². The molecular formula is C22H21N3O2. The lowest BCUT2D eigenvalue weighted by atomic mass is 10.0. The van der Waals surface area contributed by atoms with Gasteiger partial charge in [0.05, 0.1) is 17.4 Å². The van der Waals surface area contributed by atoms with E-state index < -0.39 is 6.09 Å². The molecule has 3 aromatic rings. The van der Waals surface area contributed by atoms with Gasteiger partial charge in [0.15, 0.2) is 0 Å². The highest BCUT2D eigenvalue weighted by Gasteiger charge is 2.24. The van der Waals surface area contributed by atoms with Gasteiger partial charge in [0.1, 0.15) is 0 Å². The van der Waals surface area contributed by atoms with Gasteiger partial charge in [-0.15, -0.1) is 0 Å². The van der Waals surface area contributed by atoms with E-state index in [4.69, 9.17) is 10.2 Å². The lowest BCUT2D eigenvalue weighted by molar-refractivity contribution is 0.191. The Morgan fingerprint density at radius 2 is 1.93 bits per heavy atom. The summed E-state index contributed by atoms with van der Waals surface area (Å²) in [5, 5.41) is 16.4. The molecule has 0 radical (unpaired) electrons. The monoisotopic (exact) mass is 359 g/mol. The van der Waals surface area contributed by atoms with E-state index in [9.17, 15) is 4.79 Å². The van der Waals surface area contributed by atoms with Crippen LogP contribution in [0.2, 0.25) is 0 Å². The van der Waals surface area contributed by atoms with Crippen LogP contribution in [0.25, 0.3) is 23.0 Å². The third-order valence-corrected chi connectivity index (χ3v) is 5.00. The minimum Gasteiger partial charge on any atom is -0.465 e. The Balaban J connectivity index is 1.67. The van der Waals surface area contributed by atoms with Crippen molar-refractivity contribution in [3.63, 3.8) is 0 Å². The van der Waals surface area contributed by atoms with Crippen LogP contribution in [0.3, 0.4) is 0 Å². The van der Waals surface area contributed by atoms with E-state index in [0.717, 1.165) is 33.6 Å². The summed E-state index contributed by atoms with van der Waals surface area (Å²) in [5.41, 5.74) is 8.43. The summed E-state index contributed by atoms with van der Waals surface area (Å²) in [4.78, 5) is 11.0. The summed E-state index contributed by atoms with van der Waals surface area (Å²) in [7, 11) is 0. The molecular weight excluding hydrogens is 338 g/mol. The highest BCUT2D eigenvalue weighted by molar-refractivity contribution is 5.73. The summed E-state index contributed by atoms with van der Waals surface area (Å²) < 4.78 is 1.86. The predicted molar refractivity (Wildman–Crippen MR) is 106 cm³/mol. The standard InChI is InChI=1S/C22H21N3O2/c1-13-4-6-18(14(2)10-13)20-8-9-25(24-20)17-5-7-19-16(12-17)11-15(3)21(19)23-22(26)27/h4-12,21,23H,1-3H3,(H,26,27). The highest BCUT2D eigenvalue weighted by Crippen LogP contribution is 2.35. The second kappa shape index (κ2) is 6.43. The lowest BCUT2D eigenvalue weighted by Gasteiger charge is -2.14. The van der Waals surface area contributed by atoms with E-state index in [1.54, 1.807) is 0 Å². The number of benzene rings is 2. The number of hydrogen-bond acceptors (Lipinski definition) is 2. The van der Waals surface area contributed by atoms with Crippen LogP contribution < -0.4 is 5.32 Å². The van der Waals surface area contributed by atoms with Gasteiger partial charge in [-0.2, -0.15) is 5.10 Å². The molecule has 1 aromatic heterocycles. The van der Waals surface area contributed by atoms with Gasteiger partial charge in [-0.3, -0.25) is 0 Å². The van der Waals surface area contributed by atoms with Gasteiger partial charge >= 0.3 is 6.09 Å². The van der Waals surface area contributed by atoms with Gasteiger partial charge in [0.2, 0.25) is 0 Å². The van der Waals surface area contributed by atoms with Crippen molar-refractivity contribution in [2.75, 3.05) is 0 Å². The third-order valence-electron chi connectivity index (χ3n) is 5.00. The van der Waals surface area contributed by atoms with Gasteiger partial charge in [0, 0.05) is 11.8 Å². The average molecular weight is 359 g/mol. The normalized spacial score (nSPS) is 15.4. The first kappa shape index (κ1) is 17.1. The maximum absolute atomic E-state index is 11.0. The number of carboxylic acid groups (broad SMARTS) is 1. The van der Waals surface area contributed by atoms with Crippen LogP contribution in [0.15, 0.2) is 54.2 Å². The first-order valence-electron chi connectivity index (χ1n) is 8.87. The van der Waals surface area contributed by atoms with Crippen LogP contribution >= 0.6 is 0 Å². The molecule has 1 aliphatic carbocycles. The van der Waals surface area contributed by atoms with Gasteiger partial charge < -0.3 is 10.4 Å². The van der Waals surface area contributed by atoms with Crippen LogP contribution in [0.5, 0.6) is 0 Å². The summed E-state index contributed by atoms with van der Waals surface area (Å²) in [6.45, 7) is 6.12. The molecule has 1 heterocycles. The number of aromatic nitrogens is 2. The molecule has 2 aromatic carbocycles. The van der Waals surface area contributed by atoms with Crippen LogP contribution in [0.1, 0.15) is 35.2 Å². The lowest BCUT2D eigenvalue weighted by Crippen LogP contribution is -2.26. The zero-order valence-corrected chi connectivity index (χ0v) is 15.5. The van der Waals surface area contributed by atoms with Gasteiger partial charge in [-0.25, -0.2) is 9.48 Å². The molecule has 1 aliphatic rings. The number of aryl methyl sites for hydroxylation is 2. The fourth-order valence-corrected chi connectivity index (χ4v) is 3.69. The highest BCUT2D eigenvalue weighted by atomic mass is 16.4. The van der Waals surface area contributed by atoms with E-state index in [-0.39, 0.29) is 6.04 Å². The van der Waals surface area contributed by atoms with Crippen LogP contribution in [0.4, 0.5) is 4.79 Å². The molecule has 27 heavy (non-hydrogen) atoms. The second-order valence-electron chi connectivity index (χ2n) is 7.05. The van der Waals surface area contributed by atoms with Crippen LogP contribution in [0, 0.1) is 13.8 Å². The number of rotatable bonds is 3. The molecule has 136 valence electrons. The Labute approximate surface area is 158 Å². The first-order chi connectivity index (χ1) is 12.9. The molecule has 4 rings (SSSR count). The number of carbonyl (C=O) groups is 1. The van der Waals surface area contributed by atoms with E-state index in [0.29, 0.717) is 0 Å². The molecule has 5 heteroatoms. The SMILES string of the molecule is CC1=Cc2cc(-n3ccc(-c4ccc(C)cc4C)n3)ccc2C1NC(=O)O. The van der Waals surface area contributed by atoms with Crippen LogP contribution in [-0.4, -0.2) is 21.0 Å². The molecule has 1 unspecified atom stereocenters. The number of fused-ring (bicyclic) bond motifs is 1. The molecule has 0 spiro atoms. The number of nitrogens with one attached hydrogen (secondary N) is 1. The van der Waals surface area contributed by atoms with E-state index >= 15 is 0 Å². The first-order valence-corrected chi connectivity index (χ1v) is 8.87. The smallest absolute Gasteiger partial charge is 0.405 e. The van der Waals surface area contributed by atoms with Gasteiger partial charge in [-0.05, 0) is 61.2 Å². The molecule has 0 fully saturated rings. The molecule has 0 aliphatic heterocycles. The third kappa shape index (κ3) is 3.12. The molecule has 1 amide bonds. The average Bonchev–Trinajstić information content (AvgIpc) is 3.20. The summed E-state index contributed by atoms with van der Waals surface area (Å²) >= 11 is 0. The maximum Gasteiger partial charge on any atom is 0.405 e. The Kier molecular flexibility index (Phi) is 4.07. The number of nitrogens with zero attached hydrogens (tertiary/aromatic N) is 2. The molecule has 1 atom stereocenters. The number of amides is 1. The van der Waals surface area contributed by atoms with Gasteiger partial charge in [0.25, 0.3) is 0 Å². The van der Waals surface area contributed by atoms with Crippen molar-refractivity contribution in [1.82, 2.24) is 15.1 Å². The maximum atomic E-state index is 11.0. The zero-order valence-electron chi connectivity index (χ0n) is 15.5. The van der Waals surface area contributed by atoms with Crippen molar-refractivity contribution >= 4 is 12.2 Å². The molecule has 2 N–H and O–H groups in total. The summed E-state index contributed by atoms with van der Waals surface area (Å²) in [6, 6.07) is 14.1. The molecule has 5 nitrogen and oxygen atoms in total. The minimum atomic E-state index is -1.02. The summed E-state index contributed by atoms with van der Waals surface area (Å²) in [6.07, 6.45) is 2.96. The van der Waals surface area contributed by atoms with Crippen LogP contribution in [-0.2, 0) is 0 Å². The Hall–Kier alpha value is -3.34. The quantitative estimate of drug-likeness (QED) is 0.700. The predicted octanol–water partition coefficient (Wildman–Crippen LogP) is 4.88. The van der Waals surface area contributed by atoms with Crippen molar-refractivity contribution in [2.24, 2.45) is 0 Å². The van der Waals surface area contributed by atoms with Gasteiger partial charge in [-0.1, -0.05) is 35.9 Å². The second-order valence-corrected chi connectivity index (χ2v) is 7.05. The fourth-order valence-electron chi connectivity index (χ4n) is 3.69. The van der Waals surface area contributed by atoms with Crippen molar-refractivity contribution in [3.8, 4) is 16.9 Å². The Morgan fingerprint density at radius 3 is 2.67 bits per heavy atom.